The number of benzene rings is 4. The minimum atomic E-state index is -1.04. The van der Waals surface area contributed by atoms with Gasteiger partial charge in [-0.25, -0.2) is 4.79 Å². The van der Waals surface area contributed by atoms with Gasteiger partial charge in [0.15, 0.2) is 0 Å². The second-order valence-corrected chi connectivity index (χ2v) is 7.45. The molecule has 1 N–H and O–H groups in total. The van der Waals surface area contributed by atoms with E-state index in [0.29, 0.717) is 35.8 Å². The Labute approximate surface area is 193 Å². The quantitative estimate of drug-likeness (QED) is 0.241. The SMILES string of the molecule is O=C(O)/C(=C/c1ccccc1OCc1ccccc1)c1ccccc1OCc1ccccc1. The minimum Gasteiger partial charge on any atom is -0.488 e. The Morgan fingerprint density at radius 3 is 1.73 bits per heavy atom. The Morgan fingerprint density at radius 2 is 1.12 bits per heavy atom. The first kappa shape index (κ1) is 21.9. The molecule has 0 aromatic heterocycles. The van der Waals surface area contributed by atoms with E-state index in [-0.39, 0.29) is 5.57 Å². The molecule has 0 atom stereocenters. The number of carboxylic acid groups (broad SMARTS) is 1. The summed E-state index contributed by atoms with van der Waals surface area (Å²) in [5.41, 5.74) is 3.37. The molecule has 0 unspecified atom stereocenters. The largest absolute Gasteiger partial charge is 0.488 e. The lowest BCUT2D eigenvalue weighted by atomic mass is 10.0. The molecule has 4 rings (SSSR count). The van der Waals surface area contributed by atoms with Crippen LogP contribution in [0.3, 0.4) is 0 Å². The van der Waals surface area contributed by atoms with Crippen LogP contribution in [-0.4, -0.2) is 11.1 Å². The summed E-state index contributed by atoms with van der Waals surface area (Å²) in [5, 5.41) is 10.0. The molecular formula is C29H24O4. The summed E-state index contributed by atoms with van der Waals surface area (Å²) in [6.45, 7) is 0.742. The summed E-state index contributed by atoms with van der Waals surface area (Å²) in [5.74, 6) is 0.0871. The Morgan fingerprint density at radius 1 is 0.636 bits per heavy atom. The van der Waals surface area contributed by atoms with Crippen LogP contribution in [0, 0.1) is 0 Å². The predicted octanol–water partition coefficient (Wildman–Crippen LogP) is 6.47. The summed E-state index contributed by atoms with van der Waals surface area (Å²) in [7, 11) is 0. The number of rotatable bonds is 9. The van der Waals surface area contributed by atoms with Crippen LogP contribution in [0.5, 0.6) is 11.5 Å². The molecule has 4 aromatic rings. The molecule has 0 bridgehead atoms. The van der Waals surface area contributed by atoms with E-state index in [1.54, 1.807) is 24.3 Å². The fourth-order valence-electron chi connectivity index (χ4n) is 3.43. The van der Waals surface area contributed by atoms with Crippen LogP contribution in [0.2, 0.25) is 0 Å². The van der Waals surface area contributed by atoms with Gasteiger partial charge >= 0.3 is 5.97 Å². The van der Waals surface area contributed by atoms with Gasteiger partial charge in [-0.2, -0.15) is 0 Å². The number of carboxylic acids is 1. The van der Waals surface area contributed by atoms with Crippen molar-refractivity contribution >= 4 is 17.6 Å². The lowest BCUT2D eigenvalue weighted by molar-refractivity contribution is -0.130. The maximum Gasteiger partial charge on any atom is 0.336 e. The highest BCUT2D eigenvalue weighted by Gasteiger charge is 2.17. The van der Waals surface area contributed by atoms with E-state index in [1.165, 1.54) is 0 Å². The van der Waals surface area contributed by atoms with Crippen LogP contribution in [0.4, 0.5) is 0 Å². The second kappa shape index (κ2) is 10.8. The molecule has 33 heavy (non-hydrogen) atoms. The van der Waals surface area contributed by atoms with Gasteiger partial charge in [-0.05, 0) is 29.3 Å². The number of aliphatic carboxylic acids is 1. The molecule has 164 valence electrons. The van der Waals surface area contributed by atoms with Crippen molar-refractivity contribution in [1.82, 2.24) is 0 Å². The summed E-state index contributed by atoms with van der Waals surface area (Å²) >= 11 is 0. The van der Waals surface area contributed by atoms with Crippen molar-refractivity contribution in [1.29, 1.82) is 0 Å². The average molecular weight is 437 g/mol. The molecule has 0 radical (unpaired) electrons. The zero-order chi connectivity index (χ0) is 22.9. The van der Waals surface area contributed by atoms with E-state index in [1.807, 2.05) is 91.0 Å². The third-order valence-corrected chi connectivity index (χ3v) is 5.10. The highest BCUT2D eigenvalue weighted by atomic mass is 16.5. The summed E-state index contributed by atoms with van der Waals surface area (Å²) in [4.78, 5) is 12.3. The second-order valence-electron chi connectivity index (χ2n) is 7.45. The summed E-state index contributed by atoms with van der Waals surface area (Å²) in [6, 6.07) is 34.2. The molecule has 0 aliphatic heterocycles. The van der Waals surface area contributed by atoms with E-state index in [4.69, 9.17) is 9.47 Å². The smallest absolute Gasteiger partial charge is 0.336 e. The van der Waals surface area contributed by atoms with Gasteiger partial charge in [0, 0.05) is 11.1 Å². The molecule has 4 aromatic carbocycles. The number of hydrogen-bond donors (Lipinski definition) is 1. The summed E-state index contributed by atoms with van der Waals surface area (Å²) < 4.78 is 12.0. The van der Waals surface area contributed by atoms with Crippen molar-refractivity contribution < 1.29 is 19.4 Å². The minimum absolute atomic E-state index is 0.134. The van der Waals surface area contributed by atoms with Crippen LogP contribution in [0.15, 0.2) is 109 Å². The van der Waals surface area contributed by atoms with Crippen molar-refractivity contribution in [3.05, 3.63) is 131 Å². The number of para-hydroxylation sites is 2. The van der Waals surface area contributed by atoms with E-state index in [0.717, 1.165) is 11.1 Å². The third-order valence-electron chi connectivity index (χ3n) is 5.10. The Kier molecular flexibility index (Phi) is 7.18. The van der Waals surface area contributed by atoms with Crippen LogP contribution in [0.1, 0.15) is 22.3 Å². The zero-order valence-corrected chi connectivity index (χ0v) is 18.1. The molecule has 0 saturated heterocycles. The Bertz CT molecular complexity index is 1230. The monoisotopic (exact) mass is 436 g/mol. The fourth-order valence-corrected chi connectivity index (χ4v) is 3.43. The van der Waals surface area contributed by atoms with Crippen LogP contribution in [0.25, 0.3) is 11.6 Å². The first-order valence-corrected chi connectivity index (χ1v) is 10.7. The molecule has 0 saturated carbocycles. The lowest BCUT2D eigenvalue weighted by Gasteiger charge is -2.14. The van der Waals surface area contributed by atoms with E-state index >= 15 is 0 Å². The molecule has 4 heteroatoms. The van der Waals surface area contributed by atoms with Crippen LogP contribution < -0.4 is 9.47 Å². The zero-order valence-electron chi connectivity index (χ0n) is 18.1. The number of carbonyl (C=O) groups is 1. The van der Waals surface area contributed by atoms with Gasteiger partial charge in [-0.15, -0.1) is 0 Å². The highest BCUT2D eigenvalue weighted by molar-refractivity contribution is 6.21. The average Bonchev–Trinajstić information content (AvgIpc) is 2.87. The maximum absolute atomic E-state index is 12.3. The first-order chi connectivity index (χ1) is 16.2. The van der Waals surface area contributed by atoms with Gasteiger partial charge in [0.05, 0.1) is 5.57 Å². The first-order valence-electron chi connectivity index (χ1n) is 10.7. The Hall–Kier alpha value is -4.31. The maximum atomic E-state index is 12.3. The number of ether oxygens (including phenoxy) is 2. The fraction of sp³-hybridized carbons (Fsp3) is 0.0690. The molecule has 0 amide bonds. The predicted molar refractivity (Wildman–Crippen MR) is 130 cm³/mol. The normalized spacial score (nSPS) is 11.1. The van der Waals surface area contributed by atoms with Gasteiger partial charge in [-0.3, -0.25) is 0 Å². The molecule has 0 spiro atoms. The standard InChI is InChI=1S/C29H24O4/c30-29(31)26(25-16-8-10-18-28(25)33-21-23-13-5-2-6-14-23)19-24-15-7-9-17-27(24)32-20-22-11-3-1-4-12-22/h1-19H,20-21H2,(H,30,31)/b26-19+. The molecule has 0 heterocycles. The van der Waals surface area contributed by atoms with Crippen molar-refractivity contribution in [3.63, 3.8) is 0 Å². The van der Waals surface area contributed by atoms with Gasteiger partial charge in [0.2, 0.25) is 0 Å². The molecule has 0 aliphatic rings. The molecule has 0 aliphatic carbocycles. The third kappa shape index (κ3) is 5.89. The van der Waals surface area contributed by atoms with Crippen molar-refractivity contribution in [2.24, 2.45) is 0 Å². The lowest BCUT2D eigenvalue weighted by Crippen LogP contribution is -2.04. The molecular weight excluding hydrogens is 412 g/mol. The van der Waals surface area contributed by atoms with Crippen molar-refractivity contribution in [2.45, 2.75) is 13.2 Å². The van der Waals surface area contributed by atoms with Gasteiger partial charge < -0.3 is 14.6 Å². The topological polar surface area (TPSA) is 55.8 Å². The van der Waals surface area contributed by atoms with Gasteiger partial charge in [-0.1, -0.05) is 97.1 Å². The summed E-state index contributed by atoms with van der Waals surface area (Å²) in [6.07, 6.45) is 1.63. The highest BCUT2D eigenvalue weighted by Crippen LogP contribution is 2.31. The van der Waals surface area contributed by atoms with E-state index in [9.17, 15) is 9.90 Å². The van der Waals surface area contributed by atoms with E-state index in [2.05, 4.69) is 0 Å². The van der Waals surface area contributed by atoms with Gasteiger partial charge in [0.1, 0.15) is 24.7 Å². The van der Waals surface area contributed by atoms with E-state index < -0.39 is 5.97 Å². The van der Waals surface area contributed by atoms with Crippen LogP contribution in [-0.2, 0) is 18.0 Å². The van der Waals surface area contributed by atoms with Gasteiger partial charge in [0.25, 0.3) is 0 Å². The molecule has 0 fully saturated rings. The van der Waals surface area contributed by atoms with Crippen LogP contribution >= 0.6 is 0 Å². The Balaban J connectivity index is 1.62. The van der Waals surface area contributed by atoms with Crippen molar-refractivity contribution in [2.75, 3.05) is 0 Å². The number of hydrogen-bond acceptors (Lipinski definition) is 3. The molecule has 4 nitrogen and oxygen atoms in total. The van der Waals surface area contributed by atoms with Crippen molar-refractivity contribution in [3.8, 4) is 11.5 Å².